The van der Waals surface area contributed by atoms with Crippen molar-refractivity contribution >= 4 is 22.6 Å². The molecular formula is C15H21FIN. The van der Waals surface area contributed by atoms with Gasteiger partial charge in [0.05, 0.1) is 0 Å². The fraction of sp³-hybridized carbons (Fsp3) is 0.600. The molecule has 0 bridgehead atoms. The third-order valence-corrected chi connectivity index (χ3v) is 4.91. The quantitative estimate of drug-likeness (QED) is 0.767. The lowest BCUT2D eigenvalue weighted by molar-refractivity contribution is 0.324. The number of hydrogen-bond donors (Lipinski definition) is 1. The topological polar surface area (TPSA) is 26.0 Å². The summed E-state index contributed by atoms with van der Waals surface area (Å²) in [7, 11) is 0. The van der Waals surface area contributed by atoms with Gasteiger partial charge in [0.25, 0.3) is 0 Å². The lowest BCUT2D eigenvalue weighted by atomic mass is 9.84. The number of rotatable bonds is 4. The maximum Gasteiger partial charge on any atom is 0.124 e. The second kappa shape index (κ2) is 6.85. The number of halogens is 2. The molecule has 0 heterocycles. The van der Waals surface area contributed by atoms with Crippen LogP contribution in [0.15, 0.2) is 18.2 Å². The second-order valence-corrected chi connectivity index (χ2v) is 6.52. The Morgan fingerprint density at radius 3 is 2.67 bits per heavy atom. The first-order valence-electron chi connectivity index (χ1n) is 6.87. The maximum absolute atomic E-state index is 13.0. The molecule has 1 fully saturated rings. The van der Waals surface area contributed by atoms with Crippen molar-refractivity contribution in [3.63, 3.8) is 0 Å². The molecule has 1 aromatic carbocycles. The highest BCUT2D eigenvalue weighted by molar-refractivity contribution is 14.1. The van der Waals surface area contributed by atoms with Gasteiger partial charge in [0, 0.05) is 9.61 Å². The minimum absolute atomic E-state index is 0.0550. The van der Waals surface area contributed by atoms with Crippen LogP contribution in [0.4, 0.5) is 4.39 Å². The summed E-state index contributed by atoms with van der Waals surface area (Å²) in [5, 5.41) is 0. The van der Waals surface area contributed by atoms with E-state index in [4.69, 9.17) is 5.73 Å². The van der Waals surface area contributed by atoms with Crippen LogP contribution in [0.1, 0.15) is 56.6 Å². The van der Waals surface area contributed by atoms with Crippen LogP contribution in [0.5, 0.6) is 0 Å². The highest BCUT2D eigenvalue weighted by Crippen LogP contribution is 2.30. The van der Waals surface area contributed by atoms with Gasteiger partial charge in [-0.2, -0.15) is 0 Å². The normalized spacial score (nSPS) is 18.8. The zero-order valence-electron chi connectivity index (χ0n) is 10.7. The molecule has 0 amide bonds. The second-order valence-electron chi connectivity index (χ2n) is 5.35. The molecule has 1 nitrogen and oxygen atoms in total. The molecule has 1 atom stereocenters. The minimum atomic E-state index is -0.178. The summed E-state index contributed by atoms with van der Waals surface area (Å²) in [6, 6.07) is 4.97. The van der Waals surface area contributed by atoms with Gasteiger partial charge in [-0.3, -0.25) is 0 Å². The molecule has 1 aliphatic carbocycles. The van der Waals surface area contributed by atoms with E-state index in [1.54, 1.807) is 6.07 Å². The smallest absolute Gasteiger partial charge is 0.124 e. The van der Waals surface area contributed by atoms with E-state index >= 15 is 0 Å². The summed E-state index contributed by atoms with van der Waals surface area (Å²) in [6.07, 6.45) is 9.14. The van der Waals surface area contributed by atoms with Gasteiger partial charge in [0.15, 0.2) is 0 Å². The van der Waals surface area contributed by atoms with Crippen molar-refractivity contribution in [2.45, 2.75) is 51.0 Å². The molecule has 1 saturated carbocycles. The molecule has 0 saturated heterocycles. The molecule has 0 aromatic heterocycles. The monoisotopic (exact) mass is 361 g/mol. The maximum atomic E-state index is 13.0. The fourth-order valence-electron chi connectivity index (χ4n) is 2.85. The summed E-state index contributed by atoms with van der Waals surface area (Å²) >= 11 is 2.18. The Kier molecular flexibility index (Phi) is 5.42. The Balaban J connectivity index is 1.88. The van der Waals surface area contributed by atoms with Crippen molar-refractivity contribution in [1.29, 1.82) is 0 Å². The van der Waals surface area contributed by atoms with E-state index in [1.165, 1.54) is 44.6 Å². The van der Waals surface area contributed by atoms with Gasteiger partial charge in [-0.15, -0.1) is 0 Å². The largest absolute Gasteiger partial charge is 0.324 e. The van der Waals surface area contributed by atoms with E-state index in [0.717, 1.165) is 21.5 Å². The first-order valence-corrected chi connectivity index (χ1v) is 7.95. The first-order chi connectivity index (χ1) is 8.66. The highest BCUT2D eigenvalue weighted by atomic mass is 127. The molecule has 18 heavy (non-hydrogen) atoms. The Bertz CT molecular complexity index is 388. The van der Waals surface area contributed by atoms with Crippen LogP contribution in [-0.2, 0) is 0 Å². The van der Waals surface area contributed by atoms with E-state index in [2.05, 4.69) is 22.6 Å². The van der Waals surface area contributed by atoms with Gasteiger partial charge in [-0.25, -0.2) is 4.39 Å². The Morgan fingerprint density at radius 2 is 2.00 bits per heavy atom. The molecule has 2 N–H and O–H groups in total. The van der Waals surface area contributed by atoms with E-state index < -0.39 is 0 Å². The van der Waals surface area contributed by atoms with E-state index in [1.807, 2.05) is 6.07 Å². The van der Waals surface area contributed by atoms with Crippen LogP contribution >= 0.6 is 22.6 Å². The predicted molar refractivity (Wildman–Crippen MR) is 81.9 cm³/mol. The van der Waals surface area contributed by atoms with E-state index in [-0.39, 0.29) is 11.9 Å². The summed E-state index contributed by atoms with van der Waals surface area (Å²) in [5.74, 6) is 0.686. The molecule has 2 rings (SSSR count). The van der Waals surface area contributed by atoms with Crippen molar-refractivity contribution in [3.8, 4) is 0 Å². The molecule has 1 aromatic rings. The molecule has 100 valence electrons. The highest BCUT2D eigenvalue weighted by Gasteiger charge is 2.16. The number of nitrogens with two attached hydrogens (primary N) is 1. The van der Waals surface area contributed by atoms with E-state index in [9.17, 15) is 4.39 Å². The SMILES string of the molecule is NC(CCC1CCCCC1)c1ccc(F)cc1I. The standard InChI is InChI=1S/C15H21FIN/c16-12-7-8-13(14(17)10-12)15(18)9-6-11-4-2-1-3-5-11/h7-8,10-11,15H,1-6,9,18H2. The van der Waals surface area contributed by atoms with Crippen LogP contribution in [0.25, 0.3) is 0 Å². The minimum Gasteiger partial charge on any atom is -0.324 e. The molecule has 1 aliphatic rings. The average Bonchev–Trinajstić information content (AvgIpc) is 2.37. The third kappa shape index (κ3) is 3.92. The summed E-state index contributed by atoms with van der Waals surface area (Å²) < 4.78 is 14.0. The number of hydrogen-bond acceptors (Lipinski definition) is 1. The van der Waals surface area contributed by atoms with Crippen molar-refractivity contribution in [3.05, 3.63) is 33.1 Å². The Morgan fingerprint density at radius 1 is 1.28 bits per heavy atom. The van der Waals surface area contributed by atoms with E-state index in [0.29, 0.717) is 0 Å². The molecule has 0 aliphatic heterocycles. The molecule has 3 heteroatoms. The van der Waals surface area contributed by atoms with Crippen molar-refractivity contribution in [2.24, 2.45) is 11.7 Å². The van der Waals surface area contributed by atoms with Crippen LogP contribution in [0.3, 0.4) is 0 Å². The number of benzene rings is 1. The predicted octanol–water partition coefficient (Wildman–Crippen LogP) is 4.79. The van der Waals surface area contributed by atoms with Gasteiger partial charge in [0.2, 0.25) is 0 Å². The van der Waals surface area contributed by atoms with Crippen LogP contribution in [-0.4, -0.2) is 0 Å². The van der Waals surface area contributed by atoms with Crippen molar-refractivity contribution in [2.75, 3.05) is 0 Å². The van der Waals surface area contributed by atoms with Crippen LogP contribution < -0.4 is 5.73 Å². The Labute approximate surface area is 122 Å². The van der Waals surface area contributed by atoms with Crippen molar-refractivity contribution in [1.82, 2.24) is 0 Å². The third-order valence-electron chi connectivity index (χ3n) is 3.97. The van der Waals surface area contributed by atoms with Crippen LogP contribution in [0.2, 0.25) is 0 Å². The molecule has 0 radical (unpaired) electrons. The van der Waals surface area contributed by atoms with Gasteiger partial charge in [-0.1, -0.05) is 38.2 Å². The zero-order chi connectivity index (χ0) is 13.0. The average molecular weight is 361 g/mol. The van der Waals surface area contributed by atoms with Gasteiger partial charge < -0.3 is 5.73 Å². The van der Waals surface area contributed by atoms with Crippen LogP contribution in [0, 0.1) is 15.3 Å². The van der Waals surface area contributed by atoms with Crippen molar-refractivity contribution < 1.29 is 4.39 Å². The first kappa shape index (κ1) is 14.3. The lowest BCUT2D eigenvalue weighted by Gasteiger charge is -2.23. The zero-order valence-corrected chi connectivity index (χ0v) is 12.8. The summed E-state index contributed by atoms with van der Waals surface area (Å²) in [5.41, 5.74) is 7.33. The molecule has 1 unspecified atom stereocenters. The molecule has 0 spiro atoms. The summed E-state index contributed by atoms with van der Waals surface area (Å²) in [6.45, 7) is 0. The van der Waals surface area contributed by atoms with Gasteiger partial charge >= 0.3 is 0 Å². The molecular weight excluding hydrogens is 340 g/mol. The summed E-state index contributed by atoms with van der Waals surface area (Å²) in [4.78, 5) is 0. The van der Waals surface area contributed by atoms with Gasteiger partial charge in [-0.05, 0) is 59.0 Å². The fourth-order valence-corrected chi connectivity index (χ4v) is 3.73. The lowest BCUT2D eigenvalue weighted by Crippen LogP contribution is -2.15. The Hall–Kier alpha value is -0.160. The van der Waals surface area contributed by atoms with Gasteiger partial charge in [0.1, 0.15) is 5.82 Å².